The van der Waals surface area contributed by atoms with Gasteiger partial charge in [-0.3, -0.25) is 5.32 Å². The van der Waals surface area contributed by atoms with Gasteiger partial charge in [0.2, 0.25) is 0 Å². The molecule has 0 saturated carbocycles. The highest BCUT2D eigenvalue weighted by Crippen LogP contribution is 2.33. The van der Waals surface area contributed by atoms with Crippen LogP contribution in [0.25, 0.3) is 0 Å². The van der Waals surface area contributed by atoms with E-state index in [-0.39, 0.29) is 11.6 Å². The number of aryl methyl sites for hydroxylation is 1. The normalized spacial score (nSPS) is 11.5. The summed E-state index contributed by atoms with van der Waals surface area (Å²) >= 11 is 6.09. The summed E-state index contributed by atoms with van der Waals surface area (Å²) in [6.07, 6.45) is -5.36. The maximum absolute atomic E-state index is 12.7. The van der Waals surface area contributed by atoms with Crippen molar-refractivity contribution in [3.63, 3.8) is 0 Å². The number of carbonyl (C=O) groups excluding carboxylic acids is 1. The van der Waals surface area contributed by atoms with Crippen molar-refractivity contribution >= 4 is 23.4 Å². The zero-order valence-electron chi connectivity index (χ0n) is 13.9. The van der Waals surface area contributed by atoms with Crippen LogP contribution in [0.15, 0.2) is 36.4 Å². The van der Waals surface area contributed by atoms with E-state index >= 15 is 0 Å². The highest BCUT2D eigenvalue weighted by Gasteiger charge is 2.30. The van der Waals surface area contributed by atoms with E-state index in [9.17, 15) is 18.0 Å². The smallest absolute Gasteiger partial charge is 0.410 e. The van der Waals surface area contributed by atoms with E-state index in [1.54, 1.807) is 19.1 Å². The maximum atomic E-state index is 12.7. The summed E-state index contributed by atoms with van der Waals surface area (Å²) in [5, 5.41) is 2.86. The molecule has 0 aliphatic rings. The first-order valence-electron chi connectivity index (χ1n) is 7.54. The molecule has 0 fully saturated rings. The minimum absolute atomic E-state index is 0.00314. The number of benzene rings is 2. The van der Waals surface area contributed by atoms with Gasteiger partial charge in [0.1, 0.15) is 5.75 Å². The SMILES string of the molecule is Cc1cc(OC(=O)Nc2cccc(C(F)(F)F)c2)c(C(C)C)cc1Cl. The predicted octanol–water partition coefficient (Wildman–Crippen LogP) is 6.40. The Bertz CT molecular complexity index is 788. The van der Waals surface area contributed by atoms with E-state index in [1.165, 1.54) is 12.1 Å². The molecule has 2 aromatic carbocycles. The van der Waals surface area contributed by atoms with Crippen LogP contribution >= 0.6 is 11.6 Å². The first-order chi connectivity index (χ1) is 11.6. The highest BCUT2D eigenvalue weighted by molar-refractivity contribution is 6.31. The summed E-state index contributed by atoms with van der Waals surface area (Å²) in [7, 11) is 0. The number of amides is 1. The summed E-state index contributed by atoms with van der Waals surface area (Å²) < 4.78 is 43.4. The van der Waals surface area contributed by atoms with Crippen LogP contribution in [0.2, 0.25) is 5.02 Å². The van der Waals surface area contributed by atoms with Gasteiger partial charge in [-0.05, 0) is 54.3 Å². The number of hydrogen-bond donors (Lipinski definition) is 1. The van der Waals surface area contributed by atoms with Crippen molar-refractivity contribution in [1.82, 2.24) is 0 Å². The molecule has 7 heteroatoms. The molecule has 0 radical (unpaired) electrons. The third kappa shape index (κ3) is 4.89. The zero-order chi connectivity index (χ0) is 18.8. The van der Waals surface area contributed by atoms with Gasteiger partial charge >= 0.3 is 12.3 Å². The molecule has 2 rings (SSSR count). The molecule has 0 bridgehead atoms. The van der Waals surface area contributed by atoms with Gasteiger partial charge < -0.3 is 4.74 Å². The topological polar surface area (TPSA) is 38.3 Å². The van der Waals surface area contributed by atoms with Crippen molar-refractivity contribution < 1.29 is 22.7 Å². The fraction of sp³-hybridized carbons (Fsp3) is 0.278. The lowest BCUT2D eigenvalue weighted by Crippen LogP contribution is -2.18. The van der Waals surface area contributed by atoms with Gasteiger partial charge in [0, 0.05) is 10.7 Å². The second-order valence-electron chi connectivity index (χ2n) is 5.89. The molecule has 0 aliphatic heterocycles. The van der Waals surface area contributed by atoms with E-state index in [4.69, 9.17) is 16.3 Å². The fourth-order valence-corrected chi connectivity index (χ4v) is 2.40. The Balaban J connectivity index is 2.20. The van der Waals surface area contributed by atoms with Crippen molar-refractivity contribution in [2.45, 2.75) is 32.9 Å². The van der Waals surface area contributed by atoms with Gasteiger partial charge in [0.15, 0.2) is 0 Å². The molecule has 134 valence electrons. The molecule has 0 unspecified atom stereocenters. The second kappa shape index (κ2) is 7.35. The summed E-state index contributed by atoms with van der Waals surface area (Å²) in [5.41, 5.74) is 0.606. The van der Waals surface area contributed by atoms with Gasteiger partial charge in [0.25, 0.3) is 0 Å². The van der Waals surface area contributed by atoms with Gasteiger partial charge in [-0.15, -0.1) is 0 Å². The predicted molar refractivity (Wildman–Crippen MR) is 91.4 cm³/mol. The van der Waals surface area contributed by atoms with E-state index in [1.807, 2.05) is 13.8 Å². The molecular formula is C18H17ClF3NO2. The lowest BCUT2D eigenvalue weighted by molar-refractivity contribution is -0.137. The summed E-state index contributed by atoms with van der Waals surface area (Å²) in [5.74, 6) is 0.371. The van der Waals surface area contributed by atoms with Gasteiger partial charge in [-0.2, -0.15) is 13.2 Å². The van der Waals surface area contributed by atoms with Crippen molar-refractivity contribution in [1.29, 1.82) is 0 Å². The zero-order valence-corrected chi connectivity index (χ0v) is 14.6. The van der Waals surface area contributed by atoms with Crippen LogP contribution in [0.3, 0.4) is 0 Å². The number of nitrogens with one attached hydrogen (secondary N) is 1. The molecule has 1 N–H and O–H groups in total. The molecule has 0 atom stereocenters. The number of hydrogen-bond acceptors (Lipinski definition) is 2. The minimum Gasteiger partial charge on any atom is -0.410 e. The average Bonchev–Trinajstić information content (AvgIpc) is 2.49. The maximum Gasteiger partial charge on any atom is 0.417 e. The Morgan fingerprint density at radius 2 is 1.88 bits per heavy atom. The lowest BCUT2D eigenvalue weighted by atomic mass is 10.0. The first kappa shape index (κ1) is 19.1. The van der Waals surface area contributed by atoms with E-state index < -0.39 is 17.8 Å². The third-order valence-electron chi connectivity index (χ3n) is 3.55. The molecule has 0 aliphatic carbocycles. The molecule has 0 heterocycles. The minimum atomic E-state index is -4.49. The van der Waals surface area contributed by atoms with Gasteiger partial charge in [-0.1, -0.05) is 31.5 Å². The van der Waals surface area contributed by atoms with Crippen LogP contribution in [0.4, 0.5) is 23.7 Å². The van der Waals surface area contributed by atoms with Crippen LogP contribution in [0.5, 0.6) is 5.75 Å². The Hall–Kier alpha value is -2.21. The molecule has 2 aromatic rings. The lowest BCUT2D eigenvalue weighted by Gasteiger charge is -2.15. The number of ether oxygens (including phenoxy) is 1. The van der Waals surface area contributed by atoms with Crippen LogP contribution in [-0.2, 0) is 6.18 Å². The number of alkyl halides is 3. The van der Waals surface area contributed by atoms with E-state index in [0.717, 1.165) is 23.3 Å². The van der Waals surface area contributed by atoms with Crippen LogP contribution in [0, 0.1) is 6.92 Å². The molecule has 1 amide bonds. The van der Waals surface area contributed by atoms with Crippen LogP contribution in [-0.4, -0.2) is 6.09 Å². The molecule has 25 heavy (non-hydrogen) atoms. The summed E-state index contributed by atoms with van der Waals surface area (Å²) in [6, 6.07) is 7.68. The Kier molecular flexibility index (Phi) is 5.62. The Morgan fingerprint density at radius 1 is 1.20 bits per heavy atom. The van der Waals surface area contributed by atoms with Crippen LogP contribution in [0.1, 0.15) is 36.5 Å². The summed E-state index contributed by atoms with van der Waals surface area (Å²) in [6.45, 7) is 5.60. The van der Waals surface area contributed by atoms with Crippen LogP contribution < -0.4 is 10.1 Å². The number of halogens is 4. The van der Waals surface area contributed by atoms with Crippen molar-refractivity contribution in [3.8, 4) is 5.75 Å². The monoisotopic (exact) mass is 371 g/mol. The molecule has 0 saturated heterocycles. The second-order valence-corrected chi connectivity index (χ2v) is 6.29. The number of rotatable bonds is 3. The first-order valence-corrected chi connectivity index (χ1v) is 7.92. The highest BCUT2D eigenvalue weighted by atomic mass is 35.5. The Labute approximate surface area is 148 Å². The van der Waals surface area contributed by atoms with Gasteiger partial charge in [-0.25, -0.2) is 4.79 Å². The molecule has 0 aromatic heterocycles. The van der Waals surface area contributed by atoms with E-state index in [2.05, 4.69) is 5.32 Å². The third-order valence-corrected chi connectivity index (χ3v) is 3.96. The average molecular weight is 372 g/mol. The largest absolute Gasteiger partial charge is 0.417 e. The van der Waals surface area contributed by atoms with Crippen molar-refractivity contribution in [2.24, 2.45) is 0 Å². The summed E-state index contributed by atoms with van der Waals surface area (Å²) in [4.78, 5) is 12.1. The van der Waals surface area contributed by atoms with E-state index in [0.29, 0.717) is 10.8 Å². The Morgan fingerprint density at radius 3 is 2.48 bits per heavy atom. The quantitative estimate of drug-likeness (QED) is 0.677. The van der Waals surface area contributed by atoms with Crippen molar-refractivity contribution in [2.75, 3.05) is 5.32 Å². The van der Waals surface area contributed by atoms with Crippen molar-refractivity contribution in [3.05, 3.63) is 58.1 Å². The number of carbonyl (C=O) groups is 1. The standard InChI is InChI=1S/C18H17ClF3NO2/c1-10(2)14-9-15(19)11(3)7-16(14)25-17(24)23-13-6-4-5-12(8-13)18(20,21)22/h4-10H,1-3H3,(H,23,24). The van der Waals surface area contributed by atoms with Gasteiger partial charge in [0.05, 0.1) is 5.56 Å². The molecular weight excluding hydrogens is 355 g/mol. The fourth-order valence-electron chi connectivity index (χ4n) is 2.23. The molecule has 0 spiro atoms. The molecule has 3 nitrogen and oxygen atoms in total. The number of anilines is 1.